The van der Waals surface area contributed by atoms with Crippen molar-refractivity contribution in [3.8, 4) is 11.1 Å². The normalized spacial score (nSPS) is 10.7. The predicted molar refractivity (Wildman–Crippen MR) is 96.4 cm³/mol. The molecule has 23 heavy (non-hydrogen) atoms. The molecule has 0 saturated heterocycles. The highest BCUT2D eigenvalue weighted by molar-refractivity contribution is 7.14. The summed E-state index contributed by atoms with van der Waals surface area (Å²) in [5.41, 5.74) is 4.54. The van der Waals surface area contributed by atoms with Crippen LogP contribution in [0.15, 0.2) is 34.3 Å². The van der Waals surface area contributed by atoms with Gasteiger partial charge in [-0.1, -0.05) is 0 Å². The Balaban J connectivity index is 1.59. The van der Waals surface area contributed by atoms with Crippen molar-refractivity contribution in [2.75, 3.05) is 11.9 Å². The van der Waals surface area contributed by atoms with Gasteiger partial charge >= 0.3 is 6.03 Å². The van der Waals surface area contributed by atoms with Crippen LogP contribution in [0.1, 0.15) is 11.4 Å². The van der Waals surface area contributed by atoms with Crippen LogP contribution in [0.4, 0.5) is 9.80 Å². The number of thiophene rings is 2. The van der Waals surface area contributed by atoms with E-state index in [9.17, 15) is 4.79 Å². The van der Waals surface area contributed by atoms with Gasteiger partial charge in [-0.05, 0) is 53.8 Å². The van der Waals surface area contributed by atoms with Crippen molar-refractivity contribution in [2.45, 2.75) is 20.4 Å². The maximum absolute atomic E-state index is 11.8. The van der Waals surface area contributed by atoms with Crippen LogP contribution in [0.2, 0.25) is 0 Å². The van der Waals surface area contributed by atoms with E-state index in [1.54, 1.807) is 11.3 Å². The Morgan fingerprint density at radius 3 is 2.87 bits per heavy atom. The zero-order chi connectivity index (χ0) is 16.2. The SMILES string of the molecule is Cc1nn(CCNC(=O)Nc2cccs2)c(C)c1-c1ccsc1. The molecule has 7 heteroatoms. The van der Waals surface area contributed by atoms with Gasteiger partial charge in [-0.15, -0.1) is 11.3 Å². The van der Waals surface area contributed by atoms with E-state index >= 15 is 0 Å². The lowest BCUT2D eigenvalue weighted by atomic mass is 10.1. The van der Waals surface area contributed by atoms with E-state index in [0.29, 0.717) is 13.1 Å². The number of nitrogens with one attached hydrogen (secondary N) is 2. The third-order valence-electron chi connectivity index (χ3n) is 3.56. The molecule has 0 aliphatic heterocycles. The van der Waals surface area contributed by atoms with Crippen molar-refractivity contribution in [3.05, 3.63) is 45.7 Å². The molecule has 3 rings (SSSR count). The number of carbonyl (C=O) groups excluding carboxylic acids is 1. The van der Waals surface area contributed by atoms with Crippen molar-refractivity contribution in [1.82, 2.24) is 15.1 Å². The third-order valence-corrected chi connectivity index (χ3v) is 5.03. The lowest BCUT2D eigenvalue weighted by Gasteiger charge is -2.08. The Kier molecular flexibility index (Phi) is 4.78. The maximum atomic E-state index is 11.8. The molecule has 3 heterocycles. The minimum Gasteiger partial charge on any atom is -0.336 e. The van der Waals surface area contributed by atoms with Crippen molar-refractivity contribution in [1.29, 1.82) is 0 Å². The minimum atomic E-state index is -0.188. The Morgan fingerprint density at radius 1 is 1.30 bits per heavy atom. The van der Waals surface area contributed by atoms with Gasteiger partial charge in [-0.3, -0.25) is 10.00 Å². The van der Waals surface area contributed by atoms with Crippen LogP contribution in [-0.4, -0.2) is 22.4 Å². The summed E-state index contributed by atoms with van der Waals surface area (Å²) in [5.74, 6) is 0. The van der Waals surface area contributed by atoms with Crippen LogP contribution >= 0.6 is 22.7 Å². The maximum Gasteiger partial charge on any atom is 0.319 e. The largest absolute Gasteiger partial charge is 0.336 e. The minimum absolute atomic E-state index is 0.188. The zero-order valence-electron chi connectivity index (χ0n) is 13.0. The molecule has 0 aromatic carbocycles. The number of hydrogen-bond donors (Lipinski definition) is 2. The highest BCUT2D eigenvalue weighted by atomic mass is 32.1. The first kappa shape index (κ1) is 15.8. The summed E-state index contributed by atoms with van der Waals surface area (Å²) in [6.07, 6.45) is 0. The molecule has 0 saturated carbocycles. The van der Waals surface area contributed by atoms with Gasteiger partial charge in [0.1, 0.15) is 0 Å². The van der Waals surface area contributed by atoms with Crippen LogP contribution < -0.4 is 10.6 Å². The number of hydrogen-bond acceptors (Lipinski definition) is 4. The van der Waals surface area contributed by atoms with E-state index in [1.807, 2.05) is 29.1 Å². The fourth-order valence-corrected chi connectivity index (χ4v) is 3.78. The first-order valence-corrected chi connectivity index (χ1v) is 9.12. The molecule has 120 valence electrons. The van der Waals surface area contributed by atoms with Gasteiger partial charge in [0.25, 0.3) is 0 Å². The lowest BCUT2D eigenvalue weighted by Crippen LogP contribution is -2.31. The van der Waals surface area contributed by atoms with Crippen molar-refractivity contribution in [3.63, 3.8) is 0 Å². The monoisotopic (exact) mass is 346 g/mol. The molecule has 3 aromatic heterocycles. The van der Waals surface area contributed by atoms with Crippen LogP contribution in [-0.2, 0) is 6.54 Å². The number of nitrogens with zero attached hydrogens (tertiary/aromatic N) is 2. The Morgan fingerprint density at radius 2 is 2.17 bits per heavy atom. The first-order chi connectivity index (χ1) is 11.1. The first-order valence-electron chi connectivity index (χ1n) is 7.30. The highest BCUT2D eigenvalue weighted by Gasteiger charge is 2.13. The van der Waals surface area contributed by atoms with Crippen LogP contribution in [0.5, 0.6) is 0 Å². The standard InChI is InChI=1S/C16H18N4OS2/c1-11-15(13-5-9-22-10-13)12(2)20(19-11)7-6-17-16(21)18-14-4-3-8-23-14/h3-5,8-10H,6-7H2,1-2H3,(H2,17,18,21). The van der Waals surface area contributed by atoms with Crippen LogP contribution in [0.3, 0.4) is 0 Å². The molecule has 0 aliphatic carbocycles. The molecule has 2 amide bonds. The summed E-state index contributed by atoms with van der Waals surface area (Å²) in [6.45, 7) is 5.27. The molecule has 2 N–H and O–H groups in total. The van der Waals surface area contributed by atoms with Crippen molar-refractivity contribution in [2.24, 2.45) is 0 Å². The third kappa shape index (κ3) is 3.62. The smallest absolute Gasteiger partial charge is 0.319 e. The second-order valence-electron chi connectivity index (χ2n) is 5.14. The fraction of sp³-hybridized carbons (Fsp3) is 0.250. The molecule has 0 atom stereocenters. The number of carbonyl (C=O) groups is 1. The van der Waals surface area contributed by atoms with E-state index in [0.717, 1.165) is 16.4 Å². The van der Waals surface area contributed by atoms with Gasteiger partial charge in [0.2, 0.25) is 0 Å². The molecule has 0 fully saturated rings. The molecule has 0 bridgehead atoms. The van der Waals surface area contributed by atoms with Gasteiger partial charge in [-0.2, -0.15) is 16.4 Å². The molecular weight excluding hydrogens is 328 g/mol. The van der Waals surface area contributed by atoms with Crippen molar-refractivity contribution < 1.29 is 4.79 Å². The van der Waals surface area contributed by atoms with Gasteiger partial charge < -0.3 is 5.32 Å². The molecule has 0 aliphatic rings. The number of amides is 2. The predicted octanol–water partition coefficient (Wildman–Crippen LogP) is 4.11. The second kappa shape index (κ2) is 6.97. The summed E-state index contributed by atoms with van der Waals surface area (Å²) >= 11 is 3.18. The number of aryl methyl sites for hydroxylation is 1. The summed E-state index contributed by atoms with van der Waals surface area (Å²) in [7, 11) is 0. The van der Waals surface area contributed by atoms with E-state index in [1.165, 1.54) is 22.5 Å². The summed E-state index contributed by atoms with van der Waals surface area (Å²) in [5, 5.41) is 17.2. The Labute approximate surface area is 143 Å². The lowest BCUT2D eigenvalue weighted by molar-refractivity contribution is 0.251. The number of urea groups is 1. The Bertz CT molecular complexity index is 775. The second-order valence-corrected chi connectivity index (χ2v) is 6.87. The highest BCUT2D eigenvalue weighted by Crippen LogP contribution is 2.28. The number of rotatable bonds is 5. The van der Waals surface area contributed by atoms with Gasteiger partial charge in [0.05, 0.1) is 17.2 Å². The van der Waals surface area contributed by atoms with Gasteiger partial charge in [0.15, 0.2) is 0 Å². The summed E-state index contributed by atoms with van der Waals surface area (Å²) in [6, 6.07) is 5.70. The quantitative estimate of drug-likeness (QED) is 0.730. The molecule has 0 spiro atoms. The fourth-order valence-electron chi connectivity index (χ4n) is 2.52. The van der Waals surface area contributed by atoms with E-state index in [2.05, 4.69) is 39.5 Å². The molecule has 5 nitrogen and oxygen atoms in total. The molecule has 3 aromatic rings. The van der Waals surface area contributed by atoms with E-state index in [-0.39, 0.29) is 6.03 Å². The van der Waals surface area contributed by atoms with Crippen molar-refractivity contribution >= 4 is 33.7 Å². The van der Waals surface area contributed by atoms with E-state index < -0.39 is 0 Å². The topological polar surface area (TPSA) is 59.0 Å². The average Bonchev–Trinajstić information content (AvgIpc) is 3.23. The Hall–Kier alpha value is -2.12. The van der Waals surface area contributed by atoms with Gasteiger partial charge in [-0.25, -0.2) is 4.79 Å². The summed E-state index contributed by atoms with van der Waals surface area (Å²) < 4.78 is 1.95. The van der Waals surface area contributed by atoms with E-state index in [4.69, 9.17) is 0 Å². The average molecular weight is 346 g/mol. The molecule has 0 radical (unpaired) electrons. The van der Waals surface area contributed by atoms with Crippen LogP contribution in [0, 0.1) is 13.8 Å². The number of aromatic nitrogens is 2. The zero-order valence-corrected chi connectivity index (χ0v) is 14.6. The van der Waals surface area contributed by atoms with Crippen LogP contribution in [0.25, 0.3) is 11.1 Å². The molecule has 0 unspecified atom stereocenters. The number of anilines is 1. The van der Waals surface area contributed by atoms with Gasteiger partial charge in [0, 0.05) is 17.8 Å². The molecular formula is C16H18N4OS2. The summed E-state index contributed by atoms with van der Waals surface area (Å²) in [4.78, 5) is 11.8.